The fourth-order valence-electron chi connectivity index (χ4n) is 1.18. The van der Waals surface area contributed by atoms with Crippen LogP contribution in [0.2, 0.25) is 0 Å². The van der Waals surface area contributed by atoms with E-state index >= 15 is 0 Å². The van der Waals surface area contributed by atoms with Crippen molar-refractivity contribution in [2.75, 3.05) is 6.61 Å². The Morgan fingerprint density at radius 1 is 1.61 bits per heavy atom. The molecule has 18 heavy (non-hydrogen) atoms. The smallest absolute Gasteiger partial charge is 0.332 e. The Kier molecular flexibility index (Phi) is 5.53. The van der Waals surface area contributed by atoms with Crippen LogP contribution in [-0.2, 0) is 11.3 Å². The number of rotatable bonds is 6. The Morgan fingerprint density at radius 2 is 2.39 bits per heavy atom. The lowest BCUT2D eigenvalue weighted by Gasteiger charge is -2.04. The van der Waals surface area contributed by atoms with Gasteiger partial charge in [-0.15, -0.1) is 6.58 Å². The van der Waals surface area contributed by atoms with Crippen molar-refractivity contribution in [2.45, 2.75) is 6.61 Å². The number of hydrogen-bond acceptors (Lipinski definition) is 3. The van der Waals surface area contributed by atoms with Crippen molar-refractivity contribution in [3.8, 4) is 0 Å². The molecule has 2 amide bonds. The Balaban J connectivity index is 2.63. The lowest BCUT2D eigenvalue weighted by atomic mass is 10.1. The van der Waals surface area contributed by atoms with Crippen molar-refractivity contribution >= 4 is 12.2 Å². The minimum atomic E-state index is -0.777. The zero-order chi connectivity index (χ0) is 13.4. The Morgan fingerprint density at radius 3 is 3.00 bits per heavy atom. The second-order valence-corrected chi connectivity index (χ2v) is 3.39. The van der Waals surface area contributed by atoms with E-state index in [0.717, 1.165) is 0 Å². The van der Waals surface area contributed by atoms with Crippen molar-refractivity contribution in [1.82, 2.24) is 5.43 Å². The molecule has 0 fully saturated rings. The third-order valence-corrected chi connectivity index (χ3v) is 1.96. The maximum absolute atomic E-state index is 13.6. The summed E-state index contributed by atoms with van der Waals surface area (Å²) >= 11 is 0. The van der Waals surface area contributed by atoms with Crippen LogP contribution in [0.15, 0.2) is 36.0 Å². The second-order valence-electron chi connectivity index (χ2n) is 3.39. The highest BCUT2D eigenvalue weighted by Crippen LogP contribution is 2.10. The highest BCUT2D eigenvalue weighted by Gasteiger charge is 2.02. The fraction of sp³-hybridized carbons (Fsp3) is 0.167. The number of nitrogens with two attached hydrogens (primary N) is 1. The maximum atomic E-state index is 13.6. The maximum Gasteiger partial charge on any atom is 0.332 e. The summed E-state index contributed by atoms with van der Waals surface area (Å²) in [7, 11) is 0. The number of amides is 2. The van der Waals surface area contributed by atoms with Crippen LogP contribution in [0.4, 0.5) is 9.18 Å². The van der Waals surface area contributed by atoms with Crippen LogP contribution in [0.3, 0.4) is 0 Å². The topological polar surface area (TPSA) is 76.7 Å². The van der Waals surface area contributed by atoms with Crippen molar-refractivity contribution < 1.29 is 13.9 Å². The van der Waals surface area contributed by atoms with E-state index in [1.807, 2.05) is 5.43 Å². The first-order chi connectivity index (χ1) is 8.63. The third kappa shape index (κ3) is 4.75. The zero-order valence-electron chi connectivity index (χ0n) is 9.73. The van der Waals surface area contributed by atoms with Gasteiger partial charge in [-0.05, 0) is 11.6 Å². The number of benzene rings is 1. The molecule has 5 nitrogen and oxygen atoms in total. The van der Waals surface area contributed by atoms with E-state index < -0.39 is 11.8 Å². The molecule has 0 heterocycles. The molecule has 0 atom stereocenters. The highest BCUT2D eigenvalue weighted by atomic mass is 19.1. The first-order valence-corrected chi connectivity index (χ1v) is 5.19. The van der Waals surface area contributed by atoms with Gasteiger partial charge in [-0.2, -0.15) is 5.10 Å². The van der Waals surface area contributed by atoms with Gasteiger partial charge in [-0.25, -0.2) is 14.6 Å². The van der Waals surface area contributed by atoms with Gasteiger partial charge in [0.25, 0.3) is 0 Å². The van der Waals surface area contributed by atoms with E-state index in [9.17, 15) is 9.18 Å². The minimum Gasteiger partial charge on any atom is -0.373 e. The van der Waals surface area contributed by atoms with Crippen LogP contribution in [0, 0.1) is 5.82 Å². The zero-order valence-corrected chi connectivity index (χ0v) is 9.73. The van der Waals surface area contributed by atoms with Gasteiger partial charge in [0.15, 0.2) is 0 Å². The molecule has 0 saturated heterocycles. The molecule has 0 spiro atoms. The van der Waals surface area contributed by atoms with Crippen LogP contribution in [0.5, 0.6) is 0 Å². The van der Waals surface area contributed by atoms with Crippen LogP contribution < -0.4 is 11.2 Å². The Labute approximate surface area is 104 Å². The Bertz CT molecular complexity index is 461. The summed E-state index contributed by atoms with van der Waals surface area (Å²) in [6, 6.07) is 3.76. The summed E-state index contributed by atoms with van der Waals surface area (Å²) < 4.78 is 18.7. The standard InChI is InChI=1S/C12H14FN3O2/c1-2-5-18-8-10-4-3-9(6-11(10)13)7-15-16-12(14)17/h2-4,6-7H,1,5,8H2,(H3,14,16,17). The summed E-state index contributed by atoms with van der Waals surface area (Å²) in [5.41, 5.74) is 7.79. The van der Waals surface area contributed by atoms with E-state index in [-0.39, 0.29) is 6.61 Å². The lowest BCUT2D eigenvalue weighted by molar-refractivity contribution is 0.146. The number of carbonyl (C=O) groups excluding carboxylic acids is 1. The van der Waals surface area contributed by atoms with Gasteiger partial charge in [-0.3, -0.25) is 0 Å². The fourth-order valence-corrected chi connectivity index (χ4v) is 1.18. The van der Waals surface area contributed by atoms with Gasteiger partial charge in [0, 0.05) is 5.56 Å². The molecule has 0 aliphatic rings. The molecule has 0 aliphatic heterocycles. The molecule has 6 heteroatoms. The average molecular weight is 251 g/mol. The molecule has 1 aromatic carbocycles. The molecule has 0 radical (unpaired) electrons. The van der Waals surface area contributed by atoms with Crippen LogP contribution in [0.1, 0.15) is 11.1 Å². The Hall–Kier alpha value is -2.21. The van der Waals surface area contributed by atoms with Gasteiger partial charge in [-0.1, -0.05) is 18.2 Å². The van der Waals surface area contributed by atoms with Crippen molar-refractivity contribution in [2.24, 2.45) is 10.8 Å². The normalized spacial score (nSPS) is 10.5. The summed E-state index contributed by atoms with van der Waals surface area (Å²) in [6.45, 7) is 4.04. The third-order valence-electron chi connectivity index (χ3n) is 1.96. The first-order valence-electron chi connectivity index (χ1n) is 5.19. The number of nitrogens with one attached hydrogen (secondary N) is 1. The van der Waals surface area contributed by atoms with Crippen LogP contribution in [-0.4, -0.2) is 18.9 Å². The number of hydrazone groups is 1. The molecule has 1 aromatic rings. The minimum absolute atomic E-state index is 0.175. The van der Waals surface area contributed by atoms with E-state index in [4.69, 9.17) is 10.5 Å². The van der Waals surface area contributed by atoms with E-state index in [1.54, 1.807) is 18.2 Å². The molecule has 3 N–H and O–H groups in total. The van der Waals surface area contributed by atoms with E-state index in [2.05, 4.69) is 11.7 Å². The van der Waals surface area contributed by atoms with Crippen LogP contribution >= 0.6 is 0 Å². The summed E-state index contributed by atoms with van der Waals surface area (Å²) in [4.78, 5) is 10.4. The molecule has 0 aromatic heterocycles. The van der Waals surface area contributed by atoms with E-state index in [0.29, 0.717) is 17.7 Å². The first kappa shape index (κ1) is 13.9. The van der Waals surface area contributed by atoms with Crippen molar-refractivity contribution in [3.05, 3.63) is 47.8 Å². The number of hydrogen-bond donors (Lipinski definition) is 2. The second kappa shape index (κ2) is 7.18. The van der Waals surface area contributed by atoms with Gasteiger partial charge in [0.1, 0.15) is 5.82 Å². The molecular weight excluding hydrogens is 237 g/mol. The van der Waals surface area contributed by atoms with Gasteiger partial charge in [0.2, 0.25) is 0 Å². The average Bonchev–Trinajstić information content (AvgIpc) is 2.31. The number of carbonyl (C=O) groups is 1. The lowest BCUT2D eigenvalue weighted by Crippen LogP contribution is -2.24. The summed E-state index contributed by atoms with van der Waals surface area (Å²) in [5.74, 6) is -0.401. The molecule has 0 unspecified atom stereocenters. The molecule has 0 bridgehead atoms. The largest absolute Gasteiger partial charge is 0.373 e. The predicted octanol–water partition coefficient (Wildman–Crippen LogP) is 1.53. The molecule has 1 rings (SSSR count). The molecule has 0 aliphatic carbocycles. The molecular formula is C12H14FN3O2. The van der Waals surface area contributed by atoms with Gasteiger partial charge in [0.05, 0.1) is 19.4 Å². The van der Waals surface area contributed by atoms with Gasteiger partial charge >= 0.3 is 6.03 Å². The van der Waals surface area contributed by atoms with Crippen molar-refractivity contribution in [1.29, 1.82) is 0 Å². The number of nitrogens with zero attached hydrogens (tertiary/aromatic N) is 1. The highest BCUT2D eigenvalue weighted by molar-refractivity contribution is 5.81. The quantitative estimate of drug-likeness (QED) is 0.348. The van der Waals surface area contributed by atoms with E-state index in [1.165, 1.54) is 12.3 Å². The molecule has 96 valence electrons. The number of ether oxygens (including phenoxy) is 1. The molecule has 0 saturated carbocycles. The number of primary amides is 1. The van der Waals surface area contributed by atoms with Crippen molar-refractivity contribution in [3.63, 3.8) is 0 Å². The van der Waals surface area contributed by atoms with Crippen LogP contribution in [0.25, 0.3) is 0 Å². The monoisotopic (exact) mass is 251 g/mol. The predicted molar refractivity (Wildman–Crippen MR) is 66.6 cm³/mol. The number of urea groups is 1. The SMILES string of the molecule is C=CCOCc1ccc(C=NNC(N)=O)cc1F. The summed E-state index contributed by atoms with van der Waals surface area (Å²) in [5, 5.41) is 3.53. The number of halogens is 1. The summed E-state index contributed by atoms with van der Waals surface area (Å²) in [6.07, 6.45) is 2.89. The van der Waals surface area contributed by atoms with Gasteiger partial charge < -0.3 is 10.5 Å².